The molecule has 2 aromatic carbocycles. The number of carbonyl (C=O) groups is 1. The average molecular weight is 423 g/mol. The maximum absolute atomic E-state index is 13.0. The van der Waals surface area contributed by atoms with Crippen LogP contribution in [-0.4, -0.2) is 37.3 Å². The van der Waals surface area contributed by atoms with E-state index in [1.165, 1.54) is 28.6 Å². The van der Waals surface area contributed by atoms with Gasteiger partial charge in [0.15, 0.2) is 0 Å². The second kappa shape index (κ2) is 8.51. The molecule has 0 radical (unpaired) electrons. The Morgan fingerprint density at radius 1 is 1.21 bits per heavy atom. The van der Waals surface area contributed by atoms with Gasteiger partial charge in [0.2, 0.25) is 15.9 Å². The normalized spacial score (nSPS) is 17.6. The summed E-state index contributed by atoms with van der Waals surface area (Å²) in [6.07, 6.45) is 1.11. The van der Waals surface area contributed by atoms with Crippen molar-refractivity contribution >= 4 is 33.2 Å². The van der Waals surface area contributed by atoms with E-state index < -0.39 is 16.1 Å². The van der Waals surface area contributed by atoms with Gasteiger partial charge in [-0.3, -0.25) is 4.79 Å². The number of ether oxygens (including phenoxy) is 1. The molecule has 8 heteroatoms. The summed E-state index contributed by atoms with van der Waals surface area (Å²) >= 11 is 5.85. The van der Waals surface area contributed by atoms with E-state index in [4.69, 9.17) is 16.3 Å². The minimum Gasteiger partial charge on any atom is -0.491 e. The highest BCUT2D eigenvalue weighted by molar-refractivity contribution is 7.89. The van der Waals surface area contributed by atoms with Crippen molar-refractivity contribution in [1.82, 2.24) is 4.31 Å². The molecule has 1 aliphatic rings. The van der Waals surface area contributed by atoms with E-state index in [2.05, 4.69) is 5.32 Å². The SMILES string of the molecule is CC(C)Oc1cccc(NC(=O)[C@@H]2CCCN2S(=O)(=O)c2ccc(Cl)cc2)c1. The van der Waals surface area contributed by atoms with Crippen LogP contribution >= 0.6 is 11.6 Å². The highest BCUT2D eigenvalue weighted by Gasteiger charge is 2.39. The molecule has 2 aromatic rings. The first kappa shape index (κ1) is 20.6. The Hall–Kier alpha value is -2.09. The summed E-state index contributed by atoms with van der Waals surface area (Å²) in [5, 5.41) is 3.27. The second-order valence-corrected chi connectivity index (χ2v) is 9.24. The van der Waals surface area contributed by atoms with E-state index in [9.17, 15) is 13.2 Å². The molecule has 28 heavy (non-hydrogen) atoms. The van der Waals surface area contributed by atoms with Gasteiger partial charge in [-0.2, -0.15) is 4.31 Å². The summed E-state index contributed by atoms with van der Waals surface area (Å²) in [6.45, 7) is 4.14. The van der Waals surface area contributed by atoms with Crippen molar-refractivity contribution in [3.05, 3.63) is 53.6 Å². The number of nitrogens with zero attached hydrogens (tertiary/aromatic N) is 1. The zero-order valence-electron chi connectivity index (χ0n) is 15.8. The molecule has 0 unspecified atom stereocenters. The Balaban J connectivity index is 1.77. The van der Waals surface area contributed by atoms with E-state index >= 15 is 0 Å². The Labute approximate surface area is 170 Å². The van der Waals surface area contributed by atoms with Gasteiger partial charge < -0.3 is 10.1 Å². The van der Waals surface area contributed by atoms with Gasteiger partial charge in [-0.05, 0) is 63.1 Å². The summed E-state index contributed by atoms with van der Waals surface area (Å²) in [5.74, 6) is 0.293. The van der Waals surface area contributed by atoms with Gasteiger partial charge in [0.1, 0.15) is 11.8 Å². The molecule has 0 spiro atoms. The fourth-order valence-electron chi connectivity index (χ4n) is 3.18. The van der Waals surface area contributed by atoms with Crippen LogP contribution < -0.4 is 10.1 Å². The van der Waals surface area contributed by atoms with Crippen LogP contribution in [0.15, 0.2) is 53.4 Å². The quantitative estimate of drug-likeness (QED) is 0.765. The number of sulfonamides is 1. The first-order valence-corrected chi connectivity index (χ1v) is 10.9. The standard InChI is InChI=1S/C20H23ClN2O4S/c1-14(2)27-17-6-3-5-16(13-17)22-20(24)19-7-4-12-23(19)28(25,26)18-10-8-15(21)9-11-18/h3,5-6,8-11,13-14,19H,4,7,12H2,1-2H3,(H,22,24)/t19-/m0/s1. The lowest BCUT2D eigenvalue weighted by Gasteiger charge is -2.23. The third kappa shape index (κ3) is 4.66. The minimum absolute atomic E-state index is 0.0146. The molecule has 1 atom stereocenters. The zero-order valence-corrected chi connectivity index (χ0v) is 17.3. The molecule has 0 bridgehead atoms. The third-order valence-electron chi connectivity index (χ3n) is 4.40. The lowest BCUT2D eigenvalue weighted by atomic mass is 10.2. The largest absolute Gasteiger partial charge is 0.491 e. The minimum atomic E-state index is -3.78. The number of anilines is 1. The van der Waals surface area contributed by atoms with Gasteiger partial charge in [-0.1, -0.05) is 17.7 Å². The molecule has 0 aliphatic carbocycles. The molecular weight excluding hydrogens is 400 g/mol. The van der Waals surface area contributed by atoms with Crippen molar-refractivity contribution in [2.24, 2.45) is 0 Å². The summed E-state index contributed by atoms with van der Waals surface area (Å²) in [7, 11) is -3.78. The highest BCUT2D eigenvalue weighted by atomic mass is 35.5. The Morgan fingerprint density at radius 3 is 2.61 bits per heavy atom. The van der Waals surface area contributed by atoms with Gasteiger partial charge in [-0.15, -0.1) is 0 Å². The van der Waals surface area contributed by atoms with E-state index in [1.54, 1.807) is 18.2 Å². The van der Waals surface area contributed by atoms with Crippen molar-refractivity contribution in [3.8, 4) is 5.75 Å². The smallest absolute Gasteiger partial charge is 0.243 e. The number of hydrogen-bond acceptors (Lipinski definition) is 4. The van der Waals surface area contributed by atoms with Crippen LogP contribution in [0.3, 0.4) is 0 Å². The third-order valence-corrected chi connectivity index (χ3v) is 6.57. The van der Waals surface area contributed by atoms with Crippen molar-refractivity contribution in [2.75, 3.05) is 11.9 Å². The van der Waals surface area contributed by atoms with Crippen LogP contribution in [0.4, 0.5) is 5.69 Å². The fourth-order valence-corrected chi connectivity index (χ4v) is 4.96. The maximum atomic E-state index is 13.0. The number of hydrogen-bond donors (Lipinski definition) is 1. The van der Waals surface area contributed by atoms with Gasteiger partial charge in [-0.25, -0.2) is 8.42 Å². The van der Waals surface area contributed by atoms with Crippen molar-refractivity contribution in [3.63, 3.8) is 0 Å². The zero-order chi connectivity index (χ0) is 20.3. The van der Waals surface area contributed by atoms with Crippen LogP contribution in [0.1, 0.15) is 26.7 Å². The Bertz CT molecular complexity index is 945. The van der Waals surface area contributed by atoms with Gasteiger partial charge in [0, 0.05) is 23.3 Å². The molecule has 1 heterocycles. The molecule has 0 aromatic heterocycles. The molecule has 1 saturated heterocycles. The lowest BCUT2D eigenvalue weighted by molar-refractivity contribution is -0.119. The summed E-state index contributed by atoms with van der Waals surface area (Å²) in [5.41, 5.74) is 0.568. The van der Waals surface area contributed by atoms with E-state index in [0.717, 1.165) is 0 Å². The Kier molecular flexibility index (Phi) is 6.27. The highest BCUT2D eigenvalue weighted by Crippen LogP contribution is 2.28. The summed E-state index contributed by atoms with van der Waals surface area (Å²) < 4.78 is 32.8. The van der Waals surface area contributed by atoms with Crippen molar-refractivity contribution < 1.29 is 17.9 Å². The van der Waals surface area contributed by atoms with Crippen molar-refractivity contribution in [1.29, 1.82) is 0 Å². The number of benzene rings is 2. The number of halogens is 1. The monoisotopic (exact) mass is 422 g/mol. The number of carbonyl (C=O) groups excluding carboxylic acids is 1. The fraction of sp³-hybridized carbons (Fsp3) is 0.350. The maximum Gasteiger partial charge on any atom is 0.243 e. The molecule has 1 amide bonds. The van der Waals surface area contributed by atoms with E-state index in [-0.39, 0.29) is 16.9 Å². The topological polar surface area (TPSA) is 75.7 Å². The molecule has 150 valence electrons. The van der Waals surface area contributed by atoms with Gasteiger partial charge in [0.25, 0.3) is 0 Å². The number of rotatable bonds is 6. The molecule has 1 fully saturated rings. The van der Waals surface area contributed by atoms with Crippen molar-refractivity contribution in [2.45, 2.75) is 43.7 Å². The van der Waals surface area contributed by atoms with Crippen LogP contribution in [0.5, 0.6) is 5.75 Å². The van der Waals surface area contributed by atoms with Crippen LogP contribution in [-0.2, 0) is 14.8 Å². The molecule has 3 rings (SSSR count). The Morgan fingerprint density at radius 2 is 1.93 bits per heavy atom. The number of amides is 1. The second-order valence-electron chi connectivity index (χ2n) is 6.91. The predicted molar refractivity (Wildman–Crippen MR) is 109 cm³/mol. The van der Waals surface area contributed by atoms with Crippen LogP contribution in [0.2, 0.25) is 5.02 Å². The predicted octanol–water partition coefficient (Wildman–Crippen LogP) is 3.92. The van der Waals surface area contributed by atoms with E-state index in [1.807, 2.05) is 19.9 Å². The number of nitrogens with one attached hydrogen (secondary N) is 1. The summed E-state index contributed by atoms with van der Waals surface area (Å²) in [4.78, 5) is 12.9. The molecular formula is C20H23ClN2O4S. The molecule has 6 nitrogen and oxygen atoms in total. The van der Waals surface area contributed by atoms with E-state index in [0.29, 0.717) is 35.8 Å². The average Bonchev–Trinajstić information content (AvgIpc) is 3.12. The molecule has 1 N–H and O–H groups in total. The molecule has 0 saturated carbocycles. The van der Waals surface area contributed by atoms with Gasteiger partial charge >= 0.3 is 0 Å². The van der Waals surface area contributed by atoms with Crippen LogP contribution in [0.25, 0.3) is 0 Å². The van der Waals surface area contributed by atoms with Gasteiger partial charge in [0.05, 0.1) is 11.0 Å². The first-order valence-electron chi connectivity index (χ1n) is 9.12. The summed E-state index contributed by atoms with van der Waals surface area (Å²) in [6, 6.07) is 12.3. The first-order chi connectivity index (χ1) is 13.3. The lowest BCUT2D eigenvalue weighted by Crippen LogP contribution is -2.43. The molecule has 1 aliphatic heterocycles. The van der Waals surface area contributed by atoms with Crippen LogP contribution in [0, 0.1) is 0 Å².